The molecule has 1 aromatic heterocycles. The summed E-state index contributed by atoms with van der Waals surface area (Å²) in [6.45, 7) is 0.133. The van der Waals surface area contributed by atoms with Crippen molar-refractivity contribution >= 4 is 40.4 Å². The Hall–Kier alpha value is -2.37. The molecule has 2 aromatic carbocycles. The first-order chi connectivity index (χ1) is 11.1. The van der Waals surface area contributed by atoms with Crippen molar-refractivity contribution in [2.24, 2.45) is 0 Å². The maximum atomic E-state index is 11.7. The largest absolute Gasteiger partial charge is 0.514 e. The Balaban J connectivity index is 1.68. The summed E-state index contributed by atoms with van der Waals surface area (Å²) in [6.07, 6.45) is -0.804. The highest BCUT2D eigenvalue weighted by Crippen LogP contribution is 2.24. The summed E-state index contributed by atoms with van der Waals surface area (Å²) < 4.78 is 10.2. The summed E-state index contributed by atoms with van der Waals surface area (Å²) in [6, 6.07) is 14.1. The highest BCUT2D eigenvalue weighted by molar-refractivity contribution is 6.40. The molecule has 0 radical (unpaired) electrons. The minimum absolute atomic E-state index is 0.0861. The minimum atomic E-state index is -0.804. The second-order valence-corrected chi connectivity index (χ2v) is 5.30. The van der Waals surface area contributed by atoms with Gasteiger partial charge in [-0.2, -0.15) is 0 Å². The Morgan fingerprint density at radius 2 is 1.65 bits per heavy atom. The van der Waals surface area contributed by atoms with Gasteiger partial charge in [-0.3, -0.25) is 0 Å². The molecular formula is C16H10Cl2N2O3. The Bertz CT molecular complexity index is 857. The second-order valence-electron chi connectivity index (χ2n) is 4.58. The summed E-state index contributed by atoms with van der Waals surface area (Å²) >= 11 is 11.6. The molecule has 0 saturated carbocycles. The van der Waals surface area contributed by atoms with Gasteiger partial charge < -0.3 is 9.47 Å². The molecule has 3 aromatic rings. The molecule has 0 aliphatic rings. The number of carbonyl (C=O) groups excluding carboxylic acids is 1. The lowest BCUT2D eigenvalue weighted by atomic mass is 10.2. The number of aromatic nitrogens is 2. The lowest BCUT2D eigenvalue weighted by Crippen LogP contribution is -2.10. The van der Waals surface area contributed by atoms with Crippen molar-refractivity contribution in [1.29, 1.82) is 0 Å². The molecule has 0 aliphatic carbocycles. The molecule has 0 saturated heterocycles. The van der Waals surface area contributed by atoms with Gasteiger partial charge in [0, 0.05) is 6.07 Å². The Kier molecular flexibility index (Phi) is 4.60. The molecule has 0 spiro atoms. The number of hydrogen-bond donors (Lipinski definition) is 0. The first kappa shape index (κ1) is 15.5. The number of rotatable bonds is 3. The smallest absolute Gasteiger partial charge is 0.429 e. The van der Waals surface area contributed by atoms with Crippen LogP contribution >= 0.6 is 23.2 Å². The predicted molar refractivity (Wildman–Crippen MR) is 86.8 cm³/mol. The lowest BCUT2D eigenvalue weighted by Gasteiger charge is -2.07. The van der Waals surface area contributed by atoms with E-state index in [1.807, 2.05) is 30.3 Å². The van der Waals surface area contributed by atoms with Gasteiger partial charge in [0.25, 0.3) is 0 Å². The van der Waals surface area contributed by atoms with E-state index in [0.29, 0.717) is 11.0 Å². The van der Waals surface area contributed by atoms with Crippen LogP contribution in [0.4, 0.5) is 4.79 Å². The molecule has 1 heterocycles. The van der Waals surface area contributed by atoms with Gasteiger partial charge >= 0.3 is 6.16 Å². The zero-order valence-corrected chi connectivity index (χ0v) is 13.2. The molecule has 0 amide bonds. The quantitative estimate of drug-likeness (QED) is 0.509. The highest BCUT2D eigenvalue weighted by atomic mass is 35.5. The summed E-state index contributed by atoms with van der Waals surface area (Å²) in [5.74, 6) is 0.281. The molecule has 3 rings (SSSR count). The molecule has 23 heavy (non-hydrogen) atoms. The van der Waals surface area contributed by atoms with E-state index in [-0.39, 0.29) is 22.7 Å². The van der Waals surface area contributed by atoms with Crippen LogP contribution in [0.3, 0.4) is 0 Å². The minimum Gasteiger partial charge on any atom is -0.429 e. The van der Waals surface area contributed by atoms with Gasteiger partial charge in [0.2, 0.25) is 0 Å². The van der Waals surface area contributed by atoms with E-state index in [0.717, 1.165) is 5.56 Å². The maximum Gasteiger partial charge on any atom is 0.514 e. The predicted octanol–water partition coefficient (Wildman–Crippen LogP) is 4.65. The van der Waals surface area contributed by atoms with Gasteiger partial charge in [0.05, 0.1) is 11.0 Å². The third-order valence-corrected chi connectivity index (χ3v) is 3.58. The van der Waals surface area contributed by atoms with Gasteiger partial charge in [-0.15, -0.1) is 0 Å². The fourth-order valence-electron chi connectivity index (χ4n) is 1.90. The molecular weight excluding hydrogens is 339 g/mol. The van der Waals surface area contributed by atoms with Crippen molar-refractivity contribution < 1.29 is 14.3 Å². The SMILES string of the molecule is O=C(OCc1ccccc1)Oc1ccc2nc(Cl)c(Cl)nc2c1. The van der Waals surface area contributed by atoms with Crippen LogP contribution in [0.1, 0.15) is 5.56 Å². The number of fused-ring (bicyclic) bond motifs is 1. The van der Waals surface area contributed by atoms with E-state index in [1.165, 1.54) is 6.07 Å². The maximum absolute atomic E-state index is 11.7. The Labute approximate surface area is 141 Å². The van der Waals surface area contributed by atoms with E-state index in [1.54, 1.807) is 12.1 Å². The fourth-order valence-corrected chi connectivity index (χ4v) is 2.16. The zero-order valence-electron chi connectivity index (χ0n) is 11.7. The van der Waals surface area contributed by atoms with Gasteiger partial charge in [-0.25, -0.2) is 14.8 Å². The lowest BCUT2D eigenvalue weighted by molar-refractivity contribution is 0.0928. The molecule has 0 N–H and O–H groups in total. The monoisotopic (exact) mass is 348 g/mol. The zero-order chi connectivity index (χ0) is 16.2. The average molecular weight is 349 g/mol. The highest BCUT2D eigenvalue weighted by Gasteiger charge is 2.10. The standard InChI is InChI=1S/C16H10Cl2N2O3/c17-14-15(18)20-13-8-11(6-7-12(13)19-14)23-16(21)22-9-10-4-2-1-3-5-10/h1-8H,9H2. The molecule has 116 valence electrons. The van der Waals surface area contributed by atoms with Crippen molar-refractivity contribution in [3.05, 3.63) is 64.4 Å². The summed E-state index contributed by atoms with van der Waals surface area (Å²) in [5.41, 5.74) is 1.88. The van der Waals surface area contributed by atoms with Crippen LogP contribution in [-0.2, 0) is 11.3 Å². The first-order valence-electron chi connectivity index (χ1n) is 6.63. The summed E-state index contributed by atoms with van der Waals surface area (Å²) in [4.78, 5) is 19.9. The normalized spacial score (nSPS) is 10.5. The van der Waals surface area contributed by atoms with Crippen LogP contribution < -0.4 is 4.74 Å². The third kappa shape index (κ3) is 3.88. The molecule has 7 heteroatoms. The molecule has 0 fully saturated rings. The molecule has 0 aliphatic heterocycles. The summed E-state index contributed by atoms with van der Waals surface area (Å²) in [5, 5.41) is 0.207. The van der Waals surface area contributed by atoms with E-state index in [4.69, 9.17) is 32.7 Å². The molecule has 0 unspecified atom stereocenters. The van der Waals surface area contributed by atoms with E-state index in [9.17, 15) is 4.79 Å². The van der Waals surface area contributed by atoms with Crippen LogP contribution in [0.15, 0.2) is 48.5 Å². The number of halogens is 2. The number of benzene rings is 2. The van der Waals surface area contributed by atoms with Crippen LogP contribution in [0, 0.1) is 0 Å². The van der Waals surface area contributed by atoms with Gasteiger partial charge in [-0.1, -0.05) is 53.5 Å². The molecule has 0 atom stereocenters. The van der Waals surface area contributed by atoms with Crippen molar-refractivity contribution in [3.63, 3.8) is 0 Å². The average Bonchev–Trinajstić information content (AvgIpc) is 2.55. The Morgan fingerprint density at radius 1 is 0.957 bits per heavy atom. The first-order valence-corrected chi connectivity index (χ1v) is 7.39. The van der Waals surface area contributed by atoms with Crippen molar-refractivity contribution in [2.45, 2.75) is 6.61 Å². The van der Waals surface area contributed by atoms with Crippen LogP contribution in [0.25, 0.3) is 11.0 Å². The van der Waals surface area contributed by atoms with E-state index in [2.05, 4.69) is 9.97 Å². The van der Waals surface area contributed by atoms with Gasteiger partial charge in [0.1, 0.15) is 12.4 Å². The topological polar surface area (TPSA) is 61.3 Å². The Morgan fingerprint density at radius 3 is 2.39 bits per heavy atom. The number of carbonyl (C=O) groups is 1. The van der Waals surface area contributed by atoms with Gasteiger partial charge in [-0.05, 0) is 17.7 Å². The number of nitrogens with zero attached hydrogens (tertiary/aromatic N) is 2. The van der Waals surface area contributed by atoms with Crippen LogP contribution in [-0.4, -0.2) is 16.1 Å². The van der Waals surface area contributed by atoms with Crippen molar-refractivity contribution in [1.82, 2.24) is 9.97 Å². The van der Waals surface area contributed by atoms with Crippen LogP contribution in [0.5, 0.6) is 5.75 Å². The molecule has 0 bridgehead atoms. The second kappa shape index (κ2) is 6.81. The summed E-state index contributed by atoms with van der Waals surface area (Å²) in [7, 11) is 0. The van der Waals surface area contributed by atoms with Crippen LogP contribution in [0.2, 0.25) is 10.3 Å². The number of hydrogen-bond acceptors (Lipinski definition) is 5. The third-order valence-electron chi connectivity index (χ3n) is 2.96. The van der Waals surface area contributed by atoms with Crippen molar-refractivity contribution in [2.75, 3.05) is 0 Å². The van der Waals surface area contributed by atoms with E-state index < -0.39 is 6.16 Å². The van der Waals surface area contributed by atoms with Gasteiger partial charge in [0.15, 0.2) is 10.3 Å². The van der Waals surface area contributed by atoms with E-state index >= 15 is 0 Å². The number of ether oxygens (including phenoxy) is 2. The van der Waals surface area contributed by atoms with Crippen molar-refractivity contribution in [3.8, 4) is 5.75 Å². The molecule has 5 nitrogen and oxygen atoms in total. The fraction of sp³-hybridized carbons (Fsp3) is 0.0625.